The summed E-state index contributed by atoms with van der Waals surface area (Å²) in [7, 11) is 0. The van der Waals surface area contributed by atoms with Gasteiger partial charge in [-0.15, -0.1) is 0 Å². The second-order valence-corrected chi connectivity index (χ2v) is 9.35. The molecule has 0 amide bonds. The number of hydrogen-bond donors (Lipinski definition) is 2. The molecular formula is C24H40O5. The van der Waals surface area contributed by atoms with Gasteiger partial charge in [-0.3, -0.25) is 4.79 Å². The first kappa shape index (κ1) is 25.6. The minimum absolute atomic E-state index is 0.000788. The molecule has 0 aliphatic heterocycles. The van der Waals surface area contributed by atoms with Crippen molar-refractivity contribution in [3.63, 3.8) is 0 Å². The molecule has 0 radical (unpaired) electrons. The highest BCUT2D eigenvalue weighted by Crippen LogP contribution is 2.23. The molecule has 5 nitrogen and oxygen atoms in total. The lowest BCUT2D eigenvalue weighted by Crippen LogP contribution is -2.23. The molecule has 0 aromatic heterocycles. The molecule has 0 aliphatic carbocycles. The predicted molar refractivity (Wildman–Crippen MR) is 116 cm³/mol. The average Bonchev–Trinajstić information content (AvgIpc) is 2.67. The lowest BCUT2D eigenvalue weighted by Gasteiger charge is -2.20. The zero-order valence-corrected chi connectivity index (χ0v) is 18.7. The molecule has 0 saturated heterocycles. The minimum atomic E-state index is -0.744. The Morgan fingerprint density at radius 3 is 1.90 bits per heavy atom. The average molecular weight is 409 g/mol. The number of ether oxygens (including phenoxy) is 2. The summed E-state index contributed by atoms with van der Waals surface area (Å²) < 4.78 is 11.5. The largest absolute Gasteiger partial charge is 0.481 e. The molecule has 0 aliphatic rings. The van der Waals surface area contributed by atoms with Crippen LogP contribution in [0.5, 0.6) is 0 Å². The van der Waals surface area contributed by atoms with Gasteiger partial charge in [-0.05, 0) is 56.1 Å². The fourth-order valence-electron chi connectivity index (χ4n) is 2.95. The third-order valence-electron chi connectivity index (χ3n) is 5.27. The highest BCUT2D eigenvalue weighted by molar-refractivity contribution is 5.73. The number of hydrogen-bond acceptors (Lipinski definition) is 4. The smallest absolute Gasteiger partial charge is 0.309 e. The van der Waals surface area contributed by atoms with Gasteiger partial charge in [0.15, 0.2) is 0 Å². The number of aliphatic carboxylic acids is 1. The lowest BCUT2D eigenvalue weighted by atomic mass is 9.87. The standard InChI is InChI=1S/C24H40O5/c1-23(2,19-25)12-5-7-14-28-17-20-10-9-11-21(16-20)18-29-15-8-6-13-24(3,4)22(26)27/h9-11,16,25H,5-8,12-15,17-19H2,1-4H3,(H,26,27). The fourth-order valence-corrected chi connectivity index (χ4v) is 2.95. The molecule has 0 saturated carbocycles. The number of unbranched alkanes of at least 4 members (excludes halogenated alkanes) is 2. The molecule has 0 fully saturated rings. The third kappa shape index (κ3) is 11.4. The van der Waals surface area contributed by atoms with Crippen LogP contribution in [-0.2, 0) is 27.5 Å². The summed E-state index contributed by atoms with van der Waals surface area (Å²) in [5.74, 6) is -0.744. The lowest BCUT2D eigenvalue weighted by molar-refractivity contribution is -0.147. The van der Waals surface area contributed by atoms with Crippen LogP contribution < -0.4 is 0 Å². The summed E-state index contributed by atoms with van der Waals surface area (Å²) in [6.07, 6.45) is 5.45. The zero-order valence-electron chi connectivity index (χ0n) is 18.7. The van der Waals surface area contributed by atoms with Crippen molar-refractivity contribution >= 4 is 5.97 Å². The molecule has 1 rings (SSSR count). The number of carboxylic acids is 1. The Hall–Kier alpha value is -1.43. The van der Waals surface area contributed by atoms with Crippen LogP contribution in [0.1, 0.15) is 77.3 Å². The molecule has 29 heavy (non-hydrogen) atoms. The summed E-state index contributed by atoms with van der Waals surface area (Å²) in [6, 6.07) is 8.25. The Kier molecular flexibility index (Phi) is 11.5. The van der Waals surface area contributed by atoms with Gasteiger partial charge in [0.2, 0.25) is 0 Å². The van der Waals surface area contributed by atoms with Gasteiger partial charge in [0.25, 0.3) is 0 Å². The van der Waals surface area contributed by atoms with E-state index in [0.29, 0.717) is 26.2 Å². The van der Waals surface area contributed by atoms with Gasteiger partial charge in [0, 0.05) is 19.8 Å². The normalized spacial score (nSPS) is 12.3. The van der Waals surface area contributed by atoms with Gasteiger partial charge in [-0.2, -0.15) is 0 Å². The molecule has 2 N–H and O–H groups in total. The number of carbonyl (C=O) groups is 1. The predicted octanol–water partition coefficient (Wildman–Crippen LogP) is 5.19. The maximum atomic E-state index is 11.1. The Balaban J connectivity index is 2.17. The van der Waals surface area contributed by atoms with E-state index < -0.39 is 11.4 Å². The van der Waals surface area contributed by atoms with E-state index in [-0.39, 0.29) is 12.0 Å². The highest BCUT2D eigenvalue weighted by atomic mass is 16.5. The fraction of sp³-hybridized carbons (Fsp3) is 0.708. The van der Waals surface area contributed by atoms with Gasteiger partial charge in [0.05, 0.1) is 18.6 Å². The first-order chi connectivity index (χ1) is 13.7. The SMILES string of the molecule is CC(C)(CO)CCCCOCc1cccc(COCCCCC(C)(C)C(=O)O)c1. The molecule has 0 heterocycles. The van der Waals surface area contributed by atoms with E-state index in [1.165, 1.54) is 0 Å². The van der Waals surface area contributed by atoms with Crippen LogP contribution in [0.3, 0.4) is 0 Å². The Morgan fingerprint density at radius 2 is 1.41 bits per heavy atom. The summed E-state index contributed by atoms with van der Waals surface area (Å²) in [6.45, 7) is 10.4. The number of rotatable bonds is 16. The number of carboxylic acid groups (broad SMARTS) is 1. The molecule has 5 heteroatoms. The van der Waals surface area contributed by atoms with Gasteiger partial charge in [-0.1, -0.05) is 51.0 Å². The molecule has 0 unspecified atom stereocenters. The summed E-state index contributed by atoms with van der Waals surface area (Å²) in [4.78, 5) is 11.1. The summed E-state index contributed by atoms with van der Waals surface area (Å²) in [5.41, 5.74) is 1.61. The van der Waals surface area contributed by atoms with Crippen molar-refractivity contribution in [3.8, 4) is 0 Å². The van der Waals surface area contributed by atoms with Crippen LogP contribution in [0.15, 0.2) is 24.3 Å². The molecule has 1 aromatic carbocycles. The van der Waals surface area contributed by atoms with E-state index in [2.05, 4.69) is 26.0 Å². The van der Waals surface area contributed by atoms with E-state index in [1.807, 2.05) is 12.1 Å². The van der Waals surface area contributed by atoms with Gasteiger partial charge < -0.3 is 19.7 Å². The van der Waals surface area contributed by atoms with Crippen LogP contribution in [0, 0.1) is 10.8 Å². The zero-order chi connectivity index (χ0) is 21.8. The Bertz CT molecular complexity index is 595. The maximum Gasteiger partial charge on any atom is 0.309 e. The number of benzene rings is 1. The quantitative estimate of drug-likeness (QED) is 0.368. The monoisotopic (exact) mass is 408 g/mol. The van der Waals surface area contributed by atoms with Crippen molar-refractivity contribution in [3.05, 3.63) is 35.4 Å². The van der Waals surface area contributed by atoms with Crippen LogP contribution in [-0.4, -0.2) is 36.0 Å². The molecule has 0 spiro atoms. The Labute approximate surface area is 176 Å². The number of aliphatic hydroxyl groups is 1. The molecule has 0 atom stereocenters. The van der Waals surface area contributed by atoms with Crippen molar-refractivity contribution in [2.45, 2.75) is 79.4 Å². The first-order valence-corrected chi connectivity index (χ1v) is 10.7. The van der Waals surface area contributed by atoms with Crippen molar-refractivity contribution in [2.75, 3.05) is 19.8 Å². The van der Waals surface area contributed by atoms with E-state index in [1.54, 1.807) is 13.8 Å². The van der Waals surface area contributed by atoms with Crippen LogP contribution in [0.25, 0.3) is 0 Å². The first-order valence-electron chi connectivity index (χ1n) is 10.7. The molecule has 1 aromatic rings. The molecule has 166 valence electrons. The maximum absolute atomic E-state index is 11.1. The van der Waals surface area contributed by atoms with E-state index in [9.17, 15) is 9.90 Å². The van der Waals surface area contributed by atoms with Gasteiger partial charge >= 0.3 is 5.97 Å². The van der Waals surface area contributed by atoms with Gasteiger partial charge in [-0.25, -0.2) is 0 Å². The Morgan fingerprint density at radius 1 is 0.897 bits per heavy atom. The third-order valence-corrected chi connectivity index (χ3v) is 5.27. The van der Waals surface area contributed by atoms with Crippen molar-refractivity contribution in [1.29, 1.82) is 0 Å². The van der Waals surface area contributed by atoms with Crippen LogP contribution in [0.4, 0.5) is 0 Å². The highest BCUT2D eigenvalue weighted by Gasteiger charge is 2.25. The second kappa shape index (κ2) is 13.0. The summed E-state index contributed by atoms with van der Waals surface area (Å²) >= 11 is 0. The van der Waals surface area contributed by atoms with E-state index in [4.69, 9.17) is 14.6 Å². The minimum Gasteiger partial charge on any atom is -0.481 e. The summed E-state index contributed by atoms with van der Waals surface area (Å²) in [5, 5.41) is 18.4. The van der Waals surface area contributed by atoms with Crippen LogP contribution >= 0.6 is 0 Å². The molecular weight excluding hydrogens is 368 g/mol. The van der Waals surface area contributed by atoms with Crippen molar-refractivity contribution in [1.82, 2.24) is 0 Å². The van der Waals surface area contributed by atoms with Crippen molar-refractivity contribution < 1.29 is 24.5 Å². The van der Waals surface area contributed by atoms with E-state index >= 15 is 0 Å². The van der Waals surface area contributed by atoms with Gasteiger partial charge in [0.1, 0.15) is 0 Å². The topological polar surface area (TPSA) is 76.0 Å². The van der Waals surface area contributed by atoms with Crippen LogP contribution in [0.2, 0.25) is 0 Å². The van der Waals surface area contributed by atoms with E-state index in [0.717, 1.165) is 49.8 Å². The number of aliphatic hydroxyl groups excluding tert-OH is 1. The second-order valence-electron chi connectivity index (χ2n) is 9.35. The van der Waals surface area contributed by atoms with Crippen molar-refractivity contribution in [2.24, 2.45) is 10.8 Å². The molecule has 0 bridgehead atoms.